The molecule has 12 heteroatoms. The minimum absolute atomic E-state index is 0.0574. The van der Waals surface area contributed by atoms with E-state index in [1.807, 2.05) is 49.9 Å². The molecule has 0 aliphatic carbocycles. The fourth-order valence-corrected chi connectivity index (χ4v) is 7.62. The van der Waals surface area contributed by atoms with E-state index in [0.717, 1.165) is 65.2 Å². The number of aromatic nitrogens is 4. The highest BCUT2D eigenvalue weighted by atomic mass is 35.5. The Morgan fingerprint density at radius 2 is 1.82 bits per heavy atom. The van der Waals surface area contributed by atoms with Crippen LogP contribution < -0.4 is 15.8 Å². The molecule has 2 unspecified atom stereocenters. The molecular weight excluding hydrogens is 608 g/mol. The number of pyridine rings is 1. The molecule has 0 saturated carbocycles. The second-order valence-corrected chi connectivity index (χ2v) is 20.6. The van der Waals surface area contributed by atoms with Gasteiger partial charge in [-0.1, -0.05) is 43.4 Å². The minimum atomic E-state index is -1.25. The van der Waals surface area contributed by atoms with Crippen LogP contribution in [0.2, 0.25) is 30.7 Å². The molecule has 3 aromatic heterocycles. The van der Waals surface area contributed by atoms with Crippen LogP contribution >= 0.6 is 11.6 Å². The molecule has 2 N–H and O–H groups in total. The minimum Gasteiger partial charge on any atom is -0.444 e. The Kier molecular flexibility index (Phi) is 8.47. The van der Waals surface area contributed by atoms with Crippen LogP contribution in [0.5, 0.6) is 0 Å². The zero-order valence-corrected chi connectivity index (χ0v) is 28.7. The highest BCUT2D eigenvalue weighted by molar-refractivity contribution is 6.76. The van der Waals surface area contributed by atoms with Crippen LogP contribution in [0.25, 0.3) is 33.2 Å². The number of aromatic amines is 1. The largest absolute Gasteiger partial charge is 0.444 e. The number of rotatable bonds is 8. The summed E-state index contributed by atoms with van der Waals surface area (Å²) in [5.74, 6) is 0.827. The lowest BCUT2D eigenvalue weighted by Crippen LogP contribution is -2.51. The molecular formula is C33H43ClN6O4Si. The van der Waals surface area contributed by atoms with E-state index in [9.17, 15) is 9.59 Å². The van der Waals surface area contributed by atoms with Gasteiger partial charge in [-0.2, -0.15) is 0 Å². The molecule has 2 aliphatic rings. The Labute approximate surface area is 269 Å². The first-order valence-corrected chi connectivity index (χ1v) is 19.9. The predicted molar refractivity (Wildman–Crippen MR) is 182 cm³/mol. The first-order chi connectivity index (χ1) is 21.3. The van der Waals surface area contributed by atoms with Crippen molar-refractivity contribution in [2.45, 2.75) is 103 Å². The third kappa shape index (κ3) is 6.90. The number of carbonyl (C=O) groups is 1. The van der Waals surface area contributed by atoms with Gasteiger partial charge in [-0.3, -0.25) is 4.79 Å². The topological polar surface area (TPSA) is 114 Å². The number of carbonyl (C=O) groups excluding carboxylic acids is 1. The maximum Gasteiger partial charge on any atom is 0.407 e. The molecule has 2 saturated heterocycles. The number of nitrogens with one attached hydrogen (secondary N) is 2. The number of alkyl carbamates (subject to hydrolysis) is 1. The molecule has 2 bridgehead atoms. The van der Waals surface area contributed by atoms with E-state index in [1.54, 1.807) is 6.07 Å². The summed E-state index contributed by atoms with van der Waals surface area (Å²) in [7, 11) is -1.25. The van der Waals surface area contributed by atoms with Crippen molar-refractivity contribution in [1.29, 1.82) is 0 Å². The second-order valence-electron chi connectivity index (χ2n) is 14.6. The number of amides is 1. The zero-order valence-electron chi connectivity index (χ0n) is 26.9. The molecule has 2 atom stereocenters. The van der Waals surface area contributed by atoms with Gasteiger partial charge in [-0.25, -0.2) is 14.8 Å². The van der Waals surface area contributed by atoms with Gasteiger partial charge in [0.1, 0.15) is 23.7 Å². The van der Waals surface area contributed by atoms with Crippen molar-refractivity contribution < 1.29 is 14.3 Å². The molecule has 0 radical (unpaired) electrons. The number of ether oxygens (including phenoxy) is 2. The molecule has 10 nitrogen and oxygen atoms in total. The van der Waals surface area contributed by atoms with Crippen LogP contribution in [0.4, 0.5) is 10.6 Å². The summed E-state index contributed by atoms with van der Waals surface area (Å²) in [4.78, 5) is 40.0. The number of nitrogens with zero attached hydrogens (tertiary/aromatic N) is 4. The normalized spacial score (nSPS) is 20.2. The van der Waals surface area contributed by atoms with E-state index in [4.69, 9.17) is 31.0 Å². The summed E-state index contributed by atoms with van der Waals surface area (Å²) >= 11 is 6.92. The zero-order chi connectivity index (χ0) is 32.1. The van der Waals surface area contributed by atoms with Crippen molar-refractivity contribution in [3.63, 3.8) is 0 Å². The molecule has 45 heavy (non-hydrogen) atoms. The average molecular weight is 651 g/mol. The Morgan fingerprint density at radius 1 is 1.11 bits per heavy atom. The van der Waals surface area contributed by atoms with Crippen molar-refractivity contribution in [2.75, 3.05) is 11.5 Å². The quantitative estimate of drug-likeness (QED) is 0.157. The van der Waals surface area contributed by atoms with Gasteiger partial charge in [0.05, 0.1) is 16.7 Å². The van der Waals surface area contributed by atoms with Gasteiger partial charge < -0.3 is 29.2 Å². The standard InChI is InChI=1S/C33H43ClN6O4Si/c1-33(2,3)44-32(42)36-21-15-22-9-10-23(16-21)40(22)26-17-35-30-25(18-39(31(30)37-26)19-43-13-14-45(4,5)6)24-11-7-20-8-12-27(41)38-29(20)28(24)34/h7-8,11-12,17-18,21-23H,9-10,13-16,19H2,1-6H3,(H,36,42)(H,38,41). The van der Waals surface area contributed by atoms with E-state index in [2.05, 4.69) is 34.8 Å². The molecule has 1 aromatic carbocycles. The fourth-order valence-electron chi connectivity index (χ4n) is 6.54. The molecule has 6 rings (SSSR count). The lowest BCUT2D eigenvalue weighted by atomic mass is 9.97. The SMILES string of the molecule is CC(C)(C)OC(=O)NC1CC2CCC(C1)N2c1cnc2c(-c3ccc4ccc(=O)[nH]c4c3Cl)cn(COCC[Si](C)(C)C)c2n1. The van der Waals surface area contributed by atoms with Crippen molar-refractivity contribution in [3.8, 4) is 11.1 Å². The smallest absolute Gasteiger partial charge is 0.407 e. The third-order valence-corrected chi connectivity index (χ3v) is 10.7. The molecule has 2 aliphatic heterocycles. The Balaban J connectivity index is 1.32. The van der Waals surface area contributed by atoms with Crippen molar-refractivity contribution >= 4 is 53.7 Å². The Bertz CT molecular complexity index is 1780. The summed E-state index contributed by atoms with van der Waals surface area (Å²) in [6.07, 6.45) is 7.22. The van der Waals surface area contributed by atoms with Crippen LogP contribution in [0.3, 0.4) is 0 Å². The molecule has 2 fully saturated rings. The number of H-pyrrole nitrogens is 1. The van der Waals surface area contributed by atoms with E-state index in [0.29, 0.717) is 23.9 Å². The highest BCUT2D eigenvalue weighted by Gasteiger charge is 2.42. The summed E-state index contributed by atoms with van der Waals surface area (Å²) < 4.78 is 13.7. The van der Waals surface area contributed by atoms with Crippen LogP contribution in [-0.2, 0) is 16.2 Å². The van der Waals surface area contributed by atoms with Gasteiger partial charge in [0.25, 0.3) is 0 Å². The van der Waals surface area contributed by atoms with Gasteiger partial charge in [0.2, 0.25) is 5.56 Å². The lowest BCUT2D eigenvalue weighted by Gasteiger charge is -2.39. The monoisotopic (exact) mass is 650 g/mol. The number of hydrogen-bond acceptors (Lipinski definition) is 7. The molecule has 4 aromatic rings. The summed E-state index contributed by atoms with van der Waals surface area (Å²) in [6, 6.07) is 8.81. The van der Waals surface area contributed by atoms with Crippen molar-refractivity contribution in [1.82, 2.24) is 24.8 Å². The predicted octanol–water partition coefficient (Wildman–Crippen LogP) is 6.93. The highest BCUT2D eigenvalue weighted by Crippen LogP contribution is 2.41. The van der Waals surface area contributed by atoms with Crippen LogP contribution in [-0.4, -0.2) is 64.0 Å². The lowest BCUT2D eigenvalue weighted by molar-refractivity contribution is 0.0492. The summed E-state index contributed by atoms with van der Waals surface area (Å²) in [5, 5.41) is 4.41. The number of fused-ring (bicyclic) bond motifs is 4. The molecule has 240 valence electrons. The van der Waals surface area contributed by atoms with E-state index >= 15 is 0 Å². The van der Waals surface area contributed by atoms with Gasteiger partial charge in [-0.15, -0.1) is 0 Å². The number of anilines is 1. The maximum atomic E-state index is 12.5. The van der Waals surface area contributed by atoms with Gasteiger partial charge in [-0.05, 0) is 64.0 Å². The summed E-state index contributed by atoms with van der Waals surface area (Å²) in [6.45, 7) is 13.7. The molecule has 1 amide bonds. The first kappa shape index (κ1) is 31.6. The third-order valence-electron chi connectivity index (χ3n) is 8.63. The molecule has 0 spiro atoms. The molecule has 5 heterocycles. The van der Waals surface area contributed by atoms with Crippen molar-refractivity contribution in [3.05, 3.63) is 52.0 Å². The number of halogens is 1. The fraction of sp³-hybridized carbons (Fsp3) is 0.515. The first-order valence-electron chi connectivity index (χ1n) is 15.8. The summed E-state index contributed by atoms with van der Waals surface area (Å²) in [5.41, 5.74) is 2.91. The van der Waals surface area contributed by atoms with Crippen LogP contribution in [0.1, 0.15) is 46.5 Å². The van der Waals surface area contributed by atoms with Gasteiger partial charge >= 0.3 is 6.09 Å². The van der Waals surface area contributed by atoms with Gasteiger partial charge in [0, 0.05) is 56.2 Å². The Morgan fingerprint density at radius 3 is 2.51 bits per heavy atom. The maximum absolute atomic E-state index is 12.5. The second kappa shape index (κ2) is 12.1. The van der Waals surface area contributed by atoms with Gasteiger partial charge in [0.15, 0.2) is 5.65 Å². The van der Waals surface area contributed by atoms with E-state index in [1.165, 1.54) is 6.07 Å². The van der Waals surface area contributed by atoms with Crippen LogP contribution in [0.15, 0.2) is 41.5 Å². The van der Waals surface area contributed by atoms with Crippen LogP contribution in [0, 0.1) is 0 Å². The van der Waals surface area contributed by atoms with E-state index < -0.39 is 13.7 Å². The average Bonchev–Trinajstić information content (AvgIpc) is 3.43. The number of benzene rings is 1. The number of piperidine rings is 1. The Hall–Kier alpha value is -3.41. The van der Waals surface area contributed by atoms with E-state index in [-0.39, 0.29) is 29.8 Å². The van der Waals surface area contributed by atoms with Crippen molar-refractivity contribution in [2.24, 2.45) is 0 Å². The number of hydrogen-bond donors (Lipinski definition) is 2.